The van der Waals surface area contributed by atoms with Crippen molar-refractivity contribution in [1.82, 2.24) is 19.7 Å². The number of amides is 1. The Bertz CT molecular complexity index is 1100. The van der Waals surface area contributed by atoms with Crippen LogP contribution in [0.5, 0.6) is 0 Å². The van der Waals surface area contributed by atoms with E-state index in [1.165, 1.54) is 6.07 Å². The fourth-order valence-electron chi connectivity index (χ4n) is 3.94. The summed E-state index contributed by atoms with van der Waals surface area (Å²) in [4.78, 5) is 21.0. The summed E-state index contributed by atoms with van der Waals surface area (Å²) >= 11 is 0. The Balaban J connectivity index is 1.31. The van der Waals surface area contributed by atoms with Gasteiger partial charge in [0.25, 0.3) is 5.91 Å². The van der Waals surface area contributed by atoms with Gasteiger partial charge in [0.1, 0.15) is 11.5 Å². The molecule has 1 aliphatic carbocycles. The number of benzene rings is 1. The smallest absolute Gasteiger partial charge is 0.353 e. The lowest BCUT2D eigenvalue weighted by Crippen LogP contribution is -2.49. The van der Waals surface area contributed by atoms with Crippen LogP contribution in [0.15, 0.2) is 54.7 Å². The minimum Gasteiger partial charge on any atom is -0.353 e. The summed E-state index contributed by atoms with van der Waals surface area (Å²) in [5.41, 5.74) is 1.56. The van der Waals surface area contributed by atoms with Gasteiger partial charge in [-0.3, -0.25) is 4.79 Å². The first-order valence-electron chi connectivity index (χ1n) is 10.6. The van der Waals surface area contributed by atoms with Crippen molar-refractivity contribution in [3.8, 4) is 5.69 Å². The first kappa shape index (κ1) is 20.5. The molecule has 0 spiro atoms. The Kier molecular flexibility index (Phi) is 5.11. The molecule has 2 aromatic heterocycles. The highest BCUT2D eigenvalue weighted by molar-refractivity contribution is 5.93. The number of pyridine rings is 1. The SMILES string of the molecule is O=C(c1cc(C2CC2)nn1-c1ccccc1)N1CCN(c2ccc(C(F)(F)F)cn2)CC1. The van der Waals surface area contributed by atoms with Crippen LogP contribution >= 0.6 is 0 Å². The van der Waals surface area contributed by atoms with E-state index in [0.29, 0.717) is 43.6 Å². The van der Waals surface area contributed by atoms with E-state index in [0.717, 1.165) is 36.5 Å². The lowest BCUT2D eigenvalue weighted by molar-refractivity contribution is -0.137. The molecule has 5 rings (SSSR count). The van der Waals surface area contributed by atoms with E-state index in [-0.39, 0.29) is 5.91 Å². The third-order valence-electron chi connectivity index (χ3n) is 5.91. The van der Waals surface area contributed by atoms with Crippen molar-refractivity contribution in [3.05, 3.63) is 71.7 Å². The third-order valence-corrected chi connectivity index (χ3v) is 5.91. The fraction of sp³-hybridized carbons (Fsp3) is 0.348. The predicted octanol–water partition coefficient (Wildman–Crippen LogP) is 4.13. The lowest BCUT2D eigenvalue weighted by Gasteiger charge is -2.35. The second-order valence-corrected chi connectivity index (χ2v) is 8.16. The van der Waals surface area contributed by atoms with Gasteiger partial charge in [-0.15, -0.1) is 0 Å². The van der Waals surface area contributed by atoms with Gasteiger partial charge in [-0.05, 0) is 43.2 Å². The molecule has 1 aliphatic heterocycles. The van der Waals surface area contributed by atoms with Crippen LogP contribution < -0.4 is 4.90 Å². The molecule has 2 aliphatic rings. The maximum absolute atomic E-state index is 13.4. The summed E-state index contributed by atoms with van der Waals surface area (Å²) < 4.78 is 40.0. The van der Waals surface area contributed by atoms with Crippen molar-refractivity contribution in [2.45, 2.75) is 24.9 Å². The van der Waals surface area contributed by atoms with Gasteiger partial charge < -0.3 is 9.80 Å². The quantitative estimate of drug-likeness (QED) is 0.611. The second kappa shape index (κ2) is 7.96. The van der Waals surface area contributed by atoms with Gasteiger partial charge in [-0.25, -0.2) is 9.67 Å². The zero-order valence-corrected chi connectivity index (χ0v) is 17.3. The molecule has 0 bridgehead atoms. The minimum absolute atomic E-state index is 0.0896. The Morgan fingerprint density at radius 1 is 0.969 bits per heavy atom. The van der Waals surface area contributed by atoms with E-state index in [1.807, 2.05) is 41.3 Å². The molecule has 1 saturated carbocycles. The number of aromatic nitrogens is 3. The summed E-state index contributed by atoms with van der Waals surface area (Å²) in [7, 11) is 0. The molecule has 166 valence electrons. The Hall–Kier alpha value is -3.36. The summed E-state index contributed by atoms with van der Waals surface area (Å²) in [5.74, 6) is 0.817. The highest BCUT2D eigenvalue weighted by atomic mass is 19.4. The second-order valence-electron chi connectivity index (χ2n) is 8.16. The van der Waals surface area contributed by atoms with E-state index < -0.39 is 11.7 Å². The largest absolute Gasteiger partial charge is 0.417 e. The van der Waals surface area contributed by atoms with E-state index in [9.17, 15) is 18.0 Å². The van der Waals surface area contributed by atoms with Crippen LogP contribution in [0.3, 0.4) is 0 Å². The van der Waals surface area contributed by atoms with Crippen LogP contribution in [0.2, 0.25) is 0 Å². The third kappa shape index (κ3) is 4.06. The monoisotopic (exact) mass is 441 g/mol. The number of hydrogen-bond acceptors (Lipinski definition) is 4. The van der Waals surface area contributed by atoms with Crippen LogP contribution in [0.4, 0.5) is 19.0 Å². The molecule has 1 aromatic carbocycles. The molecule has 3 heterocycles. The van der Waals surface area contributed by atoms with Crippen LogP contribution in [0, 0.1) is 0 Å². The fourth-order valence-corrected chi connectivity index (χ4v) is 3.94. The Morgan fingerprint density at radius 3 is 2.28 bits per heavy atom. The van der Waals surface area contributed by atoms with Crippen molar-refractivity contribution < 1.29 is 18.0 Å². The molecule has 32 heavy (non-hydrogen) atoms. The van der Waals surface area contributed by atoms with Crippen LogP contribution in [-0.4, -0.2) is 51.8 Å². The molecule has 1 saturated heterocycles. The highest BCUT2D eigenvalue weighted by Crippen LogP contribution is 2.40. The maximum Gasteiger partial charge on any atom is 0.417 e. The molecule has 6 nitrogen and oxygen atoms in total. The molecule has 0 atom stereocenters. The number of carbonyl (C=O) groups excluding carboxylic acids is 1. The summed E-state index contributed by atoms with van der Waals surface area (Å²) in [6.45, 7) is 1.92. The van der Waals surface area contributed by atoms with Crippen molar-refractivity contribution >= 4 is 11.7 Å². The van der Waals surface area contributed by atoms with Gasteiger partial charge in [0.2, 0.25) is 0 Å². The van der Waals surface area contributed by atoms with E-state index in [2.05, 4.69) is 4.98 Å². The van der Waals surface area contributed by atoms with E-state index >= 15 is 0 Å². The maximum atomic E-state index is 13.4. The number of rotatable bonds is 4. The minimum atomic E-state index is -4.41. The van der Waals surface area contributed by atoms with Gasteiger partial charge in [0.15, 0.2) is 0 Å². The summed E-state index contributed by atoms with van der Waals surface area (Å²) in [6, 6.07) is 13.9. The Morgan fingerprint density at radius 2 is 1.69 bits per heavy atom. The number of piperazine rings is 1. The van der Waals surface area contributed by atoms with Crippen molar-refractivity contribution in [3.63, 3.8) is 0 Å². The van der Waals surface area contributed by atoms with Gasteiger partial charge in [-0.1, -0.05) is 18.2 Å². The average Bonchev–Trinajstić information content (AvgIpc) is 3.57. The number of alkyl halides is 3. The van der Waals surface area contributed by atoms with Gasteiger partial charge in [0.05, 0.1) is 16.9 Å². The number of para-hydroxylation sites is 1. The van der Waals surface area contributed by atoms with Crippen LogP contribution in [0.25, 0.3) is 5.69 Å². The molecule has 0 radical (unpaired) electrons. The van der Waals surface area contributed by atoms with Crippen LogP contribution in [0.1, 0.15) is 40.5 Å². The van der Waals surface area contributed by atoms with Gasteiger partial charge in [0, 0.05) is 38.3 Å². The highest BCUT2D eigenvalue weighted by Gasteiger charge is 2.33. The Labute approximate surface area is 183 Å². The van der Waals surface area contributed by atoms with Crippen molar-refractivity contribution in [2.75, 3.05) is 31.1 Å². The molecular weight excluding hydrogens is 419 g/mol. The molecule has 0 N–H and O–H groups in total. The predicted molar refractivity (Wildman–Crippen MR) is 113 cm³/mol. The van der Waals surface area contributed by atoms with Crippen molar-refractivity contribution in [2.24, 2.45) is 0 Å². The first-order chi connectivity index (χ1) is 15.4. The zero-order chi connectivity index (χ0) is 22.3. The topological polar surface area (TPSA) is 54.3 Å². The number of anilines is 1. The molecular formula is C23H22F3N5O. The average molecular weight is 441 g/mol. The molecule has 0 unspecified atom stereocenters. The number of hydrogen-bond donors (Lipinski definition) is 0. The number of halogens is 3. The number of carbonyl (C=O) groups is 1. The standard InChI is InChI=1S/C23H22F3N5O/c24-23(25,26)17-8-9-21(27-15-17)29-10-12-30(13-11-29)22(32)20-14-19(16-6-7-16)28-31(20)18-4-2-1-3-5-18/h1-5,8-9,14-16H,6-7,10-13H2. The van der Waals surface area contributed by atoms with Gasteiger partial charge in [-0.2, -0.15) is 18.3 Å². The summed E-state index contributed by atoms with van der Waals surface area (Å²) in [5, 5.41) is 4.71. The normalized spacial score (nSPS) is 17.0. The van der Waals surface area contributed by atoms with Gasteiger partial charge >= 0.3 is 6.18 Å². The summed E-state index contributed by atoms with van der Waals surface area (Å²) in [6.07, 6.45) is -1.36. The molecule has 2 fully saturated rings. The molecule has 3 aromatic rings. The first-order valence-corrected chi connectivity index (χ1v) is 10.6. The lowest BCUT2D eigenvalue weighted by atomic mass is 10.2. The van der Waals surface area contributed by atoms with E-state index in [1.54, 1.807) is 9.58 Å². The van der Waals surface area contributed by atoms with Crippen molar-refractivity contribution in [1.29, 1.82) is 0 Å². The molecule has 9 heteroatoms. The van der Waals surface area contributed by atoms with E-state index in [4.69, 9.17) is 5.10 Å². The zero-order valence-electron chi connectivity index (χ0n) is 17.3. The number of nitrogens with zero attached hydrogens (tertiary/aromatic N) is 5. The van der Waals surface area contributed by atoms with Crippen LogP contribution in [-0.2, 0) is 6.18 Å². The molecule has 1 amide bonds.